The van der Waals surface area contributed by atoms with E-state index in [-0.39, 0.29) is 0 Å². The summed E-state index contributed by atoms with van der Waals surface area (Å²) in [5.74, 6) is 1.77. The minimum absolute atomic E-state index is 0.565. The van der Waals surface area contributed by atoms with E-state index >= 15 is 0 Å². The SMILES string of the molecule is c1ccc(-c2nc(-c3ccccc3)nc(-c3ccc(N(c4ccccc4)c4ccc5c(c4)oc4ccccc45)c4oc5cc6ccccc6cc5c34)n2)cc1. The molecule has 55 heavy (non-hydrogen) atoms. The van der Waals surface area contributed by atoms with Crippen LogP contribution in [0.3, 0.4) is 0 Å². The van der Waals surface area contributed by atoms with Crippen LogP contribution in [0.25, 0.3) is 88.8 Å². The highest BCUT2D eigenvalue weighted by atomic mass is 16.3. The molecule has 11 aromatic rings. The number of furan rings is 2. The van der Waals surface area contributed by atoms with Crippen LogP contribution in [0.1, 0.15) is 0 Å². The fourth-order valence-electron chi connectivity index (χ4n) is 7.70. The highest BCUT2D eigenvalue weighted by Gasteiger charge is 2.25. The van der Waals surface area contributed by atoms with Gasteiger partial charge in [0.1, 0.15) is 16.7 Å². The molecule has 0 fully saturated rings. The van der Waals surface area contributed by atoms with E-state index in [2.05, 4.69) is 102 Å². The first kappa shape index (κ1) is 31.0. The molecule has 0 unspecified atom stereocenters. The zero-order chi connectivity index (χ0) is 36.3. The molecule has 0 aliphatic heterocycles. The second-order valence-corrected chi connectivity index (χ2v) is 13.6. The standard InChI is InChI=1S/C49H30N4O2/c1-4-14-31(15-5-1)47-50-48(32-16-6-2-7-17-32)52-49(51-47)39-26-27-41(46-45(39)40-28-33-18-10-11-19-34(33)29-43(40)55-46)53(35-20-8-3-9-21-35)36-24-25-38-37-22-12-13-23-42(37)54-44(38)30-36/h1-30H. The summed E-state index contributed by atoms with van der Waals surface area (Å²) in [4.78, 5) is 17.5. The van der Waals surface area contributed by atoms with Gasteiger partial charge in [0.2, 0.25) is 0 Å². The summed E-state index contributed by atoms with van der Waals surface area (Å²) in [6, 6.07) is 62.0. The van der Waals surface area contributed by atoms with Crippen LogP contribution in [0.4, 0.5) is 17.1 Å². The number of benzene rings is 8. The fraction of sp³-hybridized carbons (Fsp3) is 0. The van der Waals surface area contributed by atoms with Gasteiger partial charge in [0, 0.05) is 50.0 Å². The average molecular weight is 707 g/mol. The van der Waals surface area contributed by atoms with Gasteiger partial charge in [-0.15, -0.1) is 0 Å². The minimum Gasteiger partial charge on any atom is -0.456 e. The molecule has 11 rings (SSSR count). The van der Waals surface area contributed by atoms with Gasteiger partial charge in [-0.25, -0.2) is 15.0 Å². The summed E-state index contributed by atoms with van der Waals surface area (Å²) in [6.07, 6.45) is 0. The molecule has 0 saturated heterocycles. The number of aromatic nitrogens is 3. The maximum atomic E-state index is 7.01. The topological polar surface area (TPSA) is 68.2 Å². The van der Waals surface area contributed by atoms with E-state index in [0.717, 1.165) is 88.4 Å². The summed E-state index contributed by atoms with van der Waals surface area (Å²) in [7, 11) is 0. The molecule has 0 N–H and O–H groups in total. The lowest BCUT2D eigenvalue weighted by molar-refractivity contribution is 0.667. The third kappa shape index (κ3) is 5.23. The molecular formula is C49H30N4O2. The average Bonchev–Trinajstić information content (AvgIpc) is 3.82. The van der Waals surface area contributed by atoms with Crippen molar-refractivity contribution in [2.45, 2.75) is 0 Å². The van der Waals surface area contributed by atoms with Gasteiger partial charge in [0.15, 0.2) is 23.1 Å². The third-order valence-corrected chi connectivity index (χ3v) is 10.3. The Hall–Kier alpha value is -7.57. The van der Waals surface area contributed by atoms with Crippen LogP contribution >= 0.6 is 0 Å². The Balaban J connectivity index is 1.21. The van der Waals surface area contributed by atoms with Crippen molar-refractivity contribution in [2.75, 3.05) is 4.90 Å². The molecule has 0 spiro atoms. The van der Waals surface area contributed by atoms with Gasteiger partial charge in [0.25, 0.3) is 0 Å². The van der Waals surface area contributed by atoms with Gasteiger partial charge in [-0.2, -0.15) is 0 Å². The molecule has 3 heterocycles. The Bertz CT molecular complexity index is 3150. The van der Waals surface area contributed by atoms with Gasteiger partial charge in [-0.05, 0) is 65.4 Å². The summed E-state index contributed by atoms with van der Waals surface area (Å²) >= 11 is 0. The first-order valence-electron chi connectivity index (χ1n) is 18.3. The minimum atomic E-state index is 0.565. The van der Waals surface area contributed by atoms with E-state index in [0.29, 0.717) is 17.5 Å². The maximum Gasteiger partial charge on any atom is 0.164 e. The molecule has 258 valence electrons. The lowest BCUT2D eigenvalue weighted by Crippen LogP contribution is -2.10. The Labute approximate surface area is 315 Å². The van der Waals surface area contributed by atoms with Gasteiger partial charge in [-0.3, -0.25) is 0 Å². The van der Waals surface area contributed by atoms with E-state index in [4.69, 9.17) is 23.8 Å². The van der Waals surface area contributed by atoms with E-state index in [9.17, 15) is 0 Å². The number of hydrogen-bond acceptors (Lipinski definition) is 6. The van der Waals surface area contributed by atoms with Crippen molar-refractivity contribution in [3.63, 3.8) is 0 Å². The third-order valence-electron chi connectivity index (χ3n) is 10.3. The highest BCUT2D eigenvalue weighted by molar-refractivity contribution is 6.19. The summed E-state index contributed by atoms with van der Waals surface area (Å²) in [6.45, 7) is 0. The van der Waals surface area contributed by atoms with Crippen LogP contribution in [-0.2, 0) is 0 Å². The molecule has 0 atom stereocenters. The van der Waals surface area contributed by atoms with Crippen molar-refractivity contribution >= 4 is 71.7 Å². The first-order valence-corrected chi connectivity index (χ1v) is 18.3. The second-order valence-electron chi connectivity index (χ2n) is 13.6. The molecular weight excluding hydrogens is 677 g/mol. The van der Waals surface area contributed by atoms with Crippen LogP contribution in [0.5, 0.6) is 0 Å². The smallest absolute Gasteiger partial charge is 0.164 e. The van der Waals surface area contributed by atoms with Crippen LogP contribution in [-0.4, -0.2) is 15.0 Å². The van der Waals surface area contributed by atoms with Gasteiger partial charge in [-0.1, -0.05) is 121 Å². The van der Waals surface area contributed by atoms with Crippen molar-refractivity contribution in [2.24, 2.45) is 0 Å². The normalized spacial score (nSPS) is 11.6. The number of nitrogens with zero attached hydrogens (tertiary/aromatic N) is 4. The number of fused-ring (bicyclic) bond motifs is 7. The molecule has 0 aliphatic rings. The van der Waals surface area contributed by atoms with Crippen molar-refractivity contribution in [3.05, 3.63) is 182 Å². The quantitative estimate of drug-likeness (QED) is 0.171. The molecule has 0 radical (unpaired) electrons. The van der Waals surface area contributed by atoms with Crippen LogP contribution in [0.2, 0.25) is 0 Å². The molecule has 0 bridgehead atoms. The van der Waals surface area contributed by atoms with Gasteiger partial charge in [0.05, 0.1) is 11.4 Å². The Morgan fingerprint density at radius 2 is 0.964 bits per heavy atom. The van der Waals surface area contributed by atoms with Crippen LogP contribution in [0.15, 0.2) is 191 Å². The Morgan fingerprint density at radius 1 is 0.382 bits per heavy atom. The van der Waals surface area contributed by atoms with Crippen LogP contribution in [0, 0.1) is 0 Å². The molecule has 6 heteroatoms. The molecule has 0 saturated carbocycles. The number of anilines is 3. The largest absolute Gasteiger partial charge is 0.456 e. The number of rotatable bonds is 6. The highest BCUT2D eigenvalue weighted by Crippen LogP contribution is 2.47. The summed E-state index contributed by atoms with van der Waals surface area (Å²) < 4.78 is 13.4. The number of hydrogen-bond donors (Lipinski definition) is 0. The summed E-state index contributed by atoms with van der Waals surface area (Å²) in [5.41, 5.74) is 8.65. The van der Waals surface area contributed by atoms with E-state index < -0.39 is 0 Å². The fourth-order valence-corrected chi connectivity index (χ4v) is 7.70. The Kier molecular flexibility index (Phi) is 7.07. The molecule has 0 aliphatic carbocycles. The zero-order valence-corrected chi connectivity index (χ0v) is 29.4. The summed E-state index contributed by atoms with van der Waals surface area (Å²) in [5, 5.41) is 6.29. The van der Waals surface area contributed by atoms with E-state index in [1.165, 1.54) is 0 Å². The molecule has 0 amide bonds. The van der Waals surface area contributed by atoms with E-state index in [1.807, 2.05) is 84.9 Å². The number of para-hydroxylation sites is 2. The maximum absolute atomic E-state index is 7.01. The van der Waals surface area contributed by atoms with E-state index in [1.54, 1.807) is 0 Å². The predicted octanol–water partition coefficient (Wildman–Crippen LogP) is 13.3. The molecule has 6 nitrogen and oxygen atoms in total. The van der Waals surface area contributed by atoms with Crippen molar-refractivity contribution < 1.29 is 8.83 Å². The van der Waals surface area contributed by atoms with Gasteiger partial charge >= 0.3 is 0 Å². The monoisotopic (exact) mass is 706 g/mol. The van der Waals surface area contributed by atoms with Crippen molar-refractivity contribution in [1.29, 1.82) is 0 Å². The first-order chi connectivity index (χ1) is 27.2. The van der Waals surface area contributed by atoms with Crippen LogP contribution < -0.4 is 4.90 Å². The van der Waals surface area contributed by atoms with Crippen molar-refractivity contribution in [3.8, 4) is 34.2 Å². The lowest BCUT2D eigenvalue weighted by Gasteiger charge is -2.25. The zero-order valence-electron chi connectivity index (χ0n) is 29.4. The second kappa shape index (κ2) is 12.5. The molecule has 8 aromatic carbocycles. The van der Waals surface area contributed by atoms with Crippen molar-refractivity contribution in [1.82, 2.24) is 15.0 Å². The predicted molar refractivity (Wildman–Crippen MR) is 223 cm³/mol. The lowest BCUT2D eigenvalue weighted by atomic mass is 10.0. The Morgan fingerprint density at radius 3 is 1.69 bits per heavy atom. The molecule has 3 aromatic heterocycles. The van der Waals surface area contributed by atoms with Gasteiger partial charge < -0.3 is 13.7 Å².